The number of carbonyl (C=O) groups is 4. The summed E-state index contributed by atoms with van der Waals surface area (Å²) >= 11 is 0. The molecule has 158 valence electrons. The molecule has 4 rings (SSSR count). The third-order valence-corrected chi connectivity index (χ3v) is 5.62. The molecule has 1 aliphatic carbocycles. The number of esters is 1. The fourth-order valence-corrected chi connectivity index (χ4v) is 3.88. The second-order valence-electron chi connectivity index (χ2n) is 7.44. The van der Waals surface area contributed by atoms with Crippen LogP contribution in [-0.4, -0.2) is 37.3 Å². The van der Waals surface area contributed by atoms with Crippen LogP contribution in [0.5, 0.6) is 5.75 Å². The molecule has 1 heterocycles. The van der Waals surface area contributed by atoms with E-state index in [1.165, 1.54) is 24.1 Å². The molecule has 31 heavy (non-hydrogen) atoms. The van der Waals surface area contributed by atoms with Gasteiger partial charge >= 0.3 is 5.97 Å². The van der Waals surface area contributed by atoms with Gasteiger partial charge in [-0.05, 0) is 61.4 Å². The molecular weight excluding hydrogens is 398 g/mol. The first-order valence-electron chi connectivity index (χ1n) is 9.97. The number of hydrogen-bond donors (Lipinski definition) is 0. The van der Waals surface area contributed by atoms with Crippen LogP contribution in [0.15, 0.2) is 60.7 Å². The summed E-state index contributed by atoms with van der Waals surface area (Å²) in [7, 11) is 1.53. The average Bonchev–Trinajstić information content (AvgIpc) is 3.07. The third-order valence-electron chi connectivity index (χ3n) is 5.62. The molecule has 2 atom stereocenters. The summed E-state index contributed by atoms with van der Waals surface area (Å²) in [6.07, 6.45) is 5.00. The molecule has 0 radical (unpaired) electrons. The molecule has 0 saturated carbocycles. The van der Waals surface area contributed by atoms with Crippen LogP contribution < -0.4 is 9.64 Å². The maximum Gasteiger partial charge on any atom is 0.338 e. The number of amides is 2. The number of methoxy groups -OCH3 is 1. The van der Waals surface area contributed by atoms with Gasteiger partial charge in [0.15, 0.2) is 12.4 Å². The Kier molecular flexibility index (Phi) is 5.66. The highest BCUT2D eigenvalue weighted by atomic mass is 16.5. The van der Waals surface area contributed by atoms with Gasteiger partial charge < -0.3 is 9.47 Å². The van der Waals surface area contributed by atoms with Gasteiger partial charge in [0.05, 0.1) is 30.2 Å². The van der Waals surface area contributed by atoms with Gasteiger partial charge in [-0.2, -0.15) is 0 Å². The topological polar surface area (TPSA) is 90.0 Å². The number of fused-ring (bicyclic) bond motifs is 1. The van der Waals surface area contributed by atoms with Gasteiger partial charge in [-0.3, -0.25) is 19.3 Å². The number of ketones is 1. The van der Waals surface area contributed by atoms with E-state index in [1.807, 2.05) is 12.2 Å². The lowest BCUT2D eigenvalue weighted by Crippen LogP contribution is -2.30. The van der Waals surface area contributed by atoms with Gasteiger partial charge in [-0.1, -0.05) is 12.2 Å². The number of rotatable bonds is 6. The van der Waals surface area contributed by atoms with E-state index in [0.717, 1.165) is 0 Å². The van der Waals surface area contributed by atoms with Crippen LogP contribution in [0.2, 0.25) is 0 Å². The highest BCUT2D eigenvalue weighted by Crippen LogP contribution is 2.37. The Labute approximate surface area is 179 Å². The highest BCUT2D eigenvalue weighted by Gasteiger charge is 2.47. The Hall–Kier alpha value is -3.74. The maximum atomic E-state index is 12.7. The summed E-state index contributed by atoms with van der Waals surface area (Å²) in [5.74, 6) is -1.42. The van der Waals surface area contributed by atoms with Gasteiger partial charge in [-0.15, -0.1) is 0 Å². The van der Waals surface area contributed by atoms with Crippen molar-refractivity contribution in [3.05, 3.63) is 71.8 Å². The Balaban J connectivity index is 1.38. The third kappa shape index (κ3) is 3.99. The second kappa shape index (κ2) is 8.55. The fraction of sp³-hybridized carbons (Fsp3) is 0.250. The van der Waals surface area contributed by atoms with Gasteiger partial charge in [0.2, 0.25) is 11.8 Å². The van der Waals surface area contributed by atoms with Crippen LogP contribution in [0.1, 0.15) is 33.6 Å². The maximum absolute atomic E-state index is 12.7. The SMILES string of the molecule is COc1ccc(C(=O)COC(=O)c2ccc(N3C(=O)[C@H]4CC=CC[C@@H]4C3=O)cc2)cc1. The molecule has 2 amide bonds. The van der Waals surface area contributed by atoms with Crippen molar-refractivity contribution in [2.75, 3.05) is 18.6 Å². The first-order valence-corrected chi connectivity index (χ1v) is 9.97. The zero-order chi connectivity index (χ0) is 22.0. The number of imide groups is 1. The fourth-order valence-electron chi connectivity index (χ4n) is 3.88. The molecule has 2 aliphatic rings. The molecule has 0 spiro atoms. The van der Waals surface area contributed by atoms with Gasteiger partial charge in [0.1, 0.15) is 5.75 Å². The van der Waals surface area contributed by atoms with Crippen LogP contribution in [0, 0.1) is 11.8 Å². The first-order chi connectivity index (χ1) is 15.0. The van der Waals surface area contributed by atoms with E-state index in [-0.39, 0.29) is 35.0 Å². The van der Waals surface area contributed by atoms with Crippen molar-refractivity contribution in [3.8, 4) is 5.75 Å². The first kappa shape index (κ1) is 20.5. The van der Waals surface area contributed by atoms with E-state index in [9.17, 15) is 19.2 Å². The number of hydrogen-bond acceptors (Lipinski definition) is 6. The second-order valence-corrected chi connectivity index (χ2v) is 7.44. The smallest absolute Gasteiger partial charge is 0.338 e. The van der Waals surface area contributed by atoms with E-state index in [2.05, 4.69) is 0 Å². The van der Waals surface area contributed by atoms with E-state index in [4.69, 9.17) is 9.47 Å². The normalized spacial score (nSPS) is 19.8. The molecule has 2 aromatic carbocycles. The van der Waals surface area contributed by atoms with Gasteiger partial charge in [0.25, 0.3) is 0 Å². The predicted octanol–water partition coefficient (Wildman–Crippen LogP) is 3.19. The number of benzene rings is 2. The Morgan fingerprint density at radius 2 is 1.42 bits per heavy atom. The van der Waals surface area contributed by atoms with Crippen molar-refractivity contribution < 1.29 is 28.7 Å². The molecule has 0 bridgehead atoms. The molecule has 1 aliphatic heterocycles. The van der Waals surface area contributed by atoms with Crippen molar-refractivity contribution in [1.82, 2.24) is 0 Å². The summed E-state index contributed by atoms with van der Waals surface area (Å²) in [6.45, 7) is -0.396. The molecule has 0 unspecified atom stereocenters. The molecule has 0 aromatic heterocycles. The zero-order valence-electron chi connectivity index (χ0n) is 16.9. The van der Waals surface area contributed by atoms with Crippen LogP contribution in [-0.2, 0) is 14.3 Å². The minimum Gasteiger partial charge on any atom is -0.497 e. The number of Topliss-reactive ketones (excluding diaryl/α,β-unsaturated/α-hetero) is 1. The Bertz CT molecular complexity index is 1030. The quantitative estimate of drug-likeness (QED) is 0.309. The van der Waals surface area contributed by atoms with Crippen LogP contribution in [0.25, 0.3) is 0 Å². The molecular formula is C24H21NO6. The predicted molar refractivity (Wildman–Crippen MR) is 112 cm³/mol. The summed E-state index contributed by atoms with van der Waals surface area (Å²) in [4.78, 5) is 51.0. The summed E-state index contributed by atoms with van der Waals surface area (Å²) < 4.78 is 10.2. The van der Waals surface area contributed by atoms with Crippen LogP contribution >= 0.6 is 0 Å². The minimum atomic E-state index is -0.662. The number of allylic oxidation sites excluding steroid dienone is 2. The monoisotopic (exact) mass is 419 g/mol. The number of carbonyl (C=O) groups excluding carboxylic acids is 4. The Morgan fingerprint density at radius 3 is 1.97 bits per heavy atom. The standard InChI is InChI=1S/C24H21NO6/c1-30-18-12-8-15(9-13-18)21(26)14-31-24(29)16-6-10-17(11-7-16)25-22(27)19-4-2-3-5-20(19)23(25)28/h2-3,6-13,19-20H,4-5,14H2,1H3/t19-,20-/m0/s1. The van der Waals surface area contributed by atoms with Crippen molar-refractivity contribution in [2.24, 2.45) is 11.8 Å². The van der Waals surface area contributed by atoms with E-state index in [1.54, 1.807) is 36.4 Å². The highest BCUT2D eigenvalue weighted by molar-refractivity contribution is 6.22. The van der Waals surface area contributed by atoms with Crippen molar-refractivity contribution in [3.63, 3.8) is 0 Å². The summed E-state index contributed by atoms with van der Waals surface area (Å²) in [5.41, 5.74) is 1.06. The number of ether oxygens (including phenoxy) is 2. The molecule has 0 N–H and O–H groups in total. The van der Waals surface area contributed by atoms with Crippen molar-refractivity contribution in [2.45, 2.75) is 12.8 Å². The zero-order valence-corrected chi connectivity index (χ0v) is 16.9. The van der Waals surface area contributed by atoms with Crippen molar-refractivity contribution in [1.29, 1.82) is 0 Å². The molecule has 7 heteroatoms. The van der Waals surface area contributed by atoms with Gasteiger partial charge in [0, 0.05) is 5.56 Å². The van der Waals surface area contributed by atoms with E-state index < -0.39 is 12.6 Å². The summed E-state index contributed by atoms with van der Waals surface area (Å²) in [5, 5.41) is 0. The lowest BCUT2D eigenvalue weighted by molar-refractivity contribution is -0.122. The minimum absolute atomic E-state index is 0.209. The van der Waals surface area contributed by atoms with Crippen molar-refractivity contribution >= 4 is 29.3 Å². The van der Waals surface area contributed by atoms with E-state index >= 15 is 0 Å². The average molecular weight is 419 g/mol. The van der Waals surface area contributed by atoms with Crippen LogP contribution in [0.4, 0.5) is 5.69 Å². The molecule has 7 nitrogen and oxygen atoms in total. The lowest BCUT2D eigenvalue weighted by atomic mass is 9.85. The number of anilines is 1. The largest absolute Gasteiger partial charge is 0.497 e. The lowest BCUT2D eigenvalue weighted by Gasteiger charge is -2.15. The number of nitrogens with zero attached hydrogens (tertiary/aromatic N) is 1. The Morgan fingerprint density at radius 1 is 0.871 bits per heavy atom. The van der Waals surface area contributed by atoms with E-state index in [0.29, 0.717) is 29.8 Å². The van der Waals surface area contributed by atoms with Gasteiger partial charge in [-0.25, -0.2) is 4.79 Å². The summed E-state index contributed by atoms with van der Waals surface area (Å²) in [6, 6.07) is 12.6. The molecule has 1 fully saturated rings. The van der Waals surface area contributed by atoms with Crippen LogP contribution in [0.3, 0.4) is 0 Å². The molecule has 1 saturated heterocycles. The molecule has 2 aromatic rings.